The highest BCUT2D eigenvalue weighted by Crippen LogP contribution is 2.09. The predicted molar refractivity (Wildman–Crippen MR) is 51.1 cm³/mol. The van der Waals surface area contributed by atoms with Crippen molar-refractivity contribution in [3.8, 4) is 11.7 Å². The first kappa shape index (κ1) is 9.32. The number of aromatic nitrogens is 4. The Morgan fingerprint density at radius 1 is 1.47 bits per heavy atom. The van der Waals surface area contributed by atoms with Gasteiger partial charge in [0.15, 0.2) is 12.1 Å². The van der Waals surface area contributed by atoms with Crippen molar-refractivity contribution in [3.63, 3.8) is 0 Å². The first-order chi connectivity index (χ1) is 7.33. The smallest absolute Gasteiger partial charge is 0.218 e. The molecule has 0 aliphatic rings. The van der Waals surface area contributed by atoms with Crippen LogP contribution in [0.4, 0.5) is 0 Å². The third kappa shape index (κ3) is 1.83. The molecule has 6 nitrogen and oxygen atoms in total. The Balaban J connectivity index is 2.39. The fourth-order valence-electron chi connectivity index (χ4n) is 1.09. The SMILES string of the molecule is COc1cc(-n2cc(C=O)cn2)ncn1. The molecule has 0 bridgehead atoms. The minimum Gasteiger partial charge on any atom is -0.481 e. The topological polar surface area (TPSA) is 69.9 Å². The lowest BCUT2D eigenvalue weighted by Gasteiger charge is -2.01. The van der Waals surface area contributed by atoms with E-state index in [0.717, 1.165) is 6.29 Å². The van der Waals surface area contributed by atoms with Gasteiger partial charge in [-0.2, -0.15) is 5.10 Å². The maximum Gasteiger partial charge on any atom is 0.218 e. The van der Waals surface area contributed by atoms with Crippen LogP contribution in [0.2, 0.25) is 0 Å². The first-order valence-electron chi connectivity index (χ1n) is 4.20. The molecule has 0 atom stereocenters. The Bertz CT molecular complexity index is 480. The van der Waals surface area contributed by atoms with Crippen molar-refractivity contribution in [2.45, 2.75) is 0 Å². The van der Waals surface area contributed by atoms with Gasteiger partial charge in [-0.25, -0.2) is 14.6 Å². The minimum atomic E-state index is 0.447. The molecule has 2 rings (SSSR count). The zero-order valence-corrected chi connectivity index (χ0v) is 7.99. The summed E-state index contributed by atoms with van der Waals surface area (Å²) < 4.78 is 6.43. The lowest BCUT2D eigenvalue weighted by atomic mass is 10.4. The van der Waals surface area contributed by atoms with Crippen LogP contribution in [0.5, 0.6) is 5.88 Å². The summed E-state index contributed by atoms with van der Waals surface area (Å²) in [6, 6.07) is 1.63. The number of nitrogens with zero attached hydrogens (tertiary/aromatic N) is 4. The normalized spacial score (nSPS) is 9.93. The zero-order valence-electron chi connectivity index (χ0n) is 7.99. The number of aldehydes is 1. The van der Waals surface area contributed by atoms with Crippen molar-refractivity contribution in [1.82, 2.24) is 19.7 Å². The van der Waals surface area contributed by atoms with Crippen LogP contribution in [0.15, 0.2) is 24.8 Å². The average molecular weight is 204 g/mol. The molecule has 0 aromatic carbocycles. The molecule has 2 heterocycles. The second-order valence-electron chi connectivity index (χ2n) is 2.75. The van der Waals surface area contributed by atoms with Crippen molar-refractivity contribution >= 4 is 6.29 Å². The summed E-state index contributed by atoms with van der Waals surface area (Å²) in [7, 11) is 1.52. The monoisotopic (exact) mass is 204 g/mol. The van der Waals surface area contributed by atoms with E-state index in [2.05, 4.69) is 15.1 Å². The molecular formula is C9H8N4O2. The van der Waals surface area contributed by atoms with E-state index in [-0.39, 0.29) is 0 Å². The molecule has 2 aromatic rings. The summed E-state index contributed by atoms with van der Waals surface area (Å²) in [5.41, 5.74) is 0.493. The van der Waals surface area contributed by atoms with Crippen molar-refractivity contribution < 1.29 is 9.53 Å². The van der Waals surface area contributed by atoms with E-state index in [9.17, 15) is 4.79 Å². The van der Waals surface area contributed by atoms with Gasteiger partial charge in [-0.15, -0.1) is 0 Å². The second-order valence-corrected chi connectivity index (χ2v) is 2.75. The van der Waals surface area contributed by atoms with Crippen LogP contribution in [0.3, 0.4) is 0 Å². The predicted octanol–water partition coefficient (Wildman–Crippen LogP) is 0.483. The van der Waals surface area contributed by atoms with Gasteiger partial charge >= 0.3 is 0 Å². The molecule has 0 unspecified atom stereocenters. The van der Waals surface area contributed by atoms with Gasteiger partial charge in [0, 0.05) is 12.3 Å². The van der Waals surface area contributed by atoms with E-state index >= 15 is 0 Å². The molecule has 0 saturated heterocycles. The molecule has 0 aliphatic carbocycles. The van der Waals surface area contributed by atoms with Crippen LogP contribution in [0.1, 0.15) is 10.4 Å². The van der Waals surface area contributed by atoms with E-state index in [4.69, 9.17) is 4.74 Å². The Morgan fingerprint density at radius 3 is 3.00 bits per heavy atom. The number of ether oxygens (including phenoxy) is 1. The lowest BCUT2D eigenvalue weighted by Crippen LogP contribution is -1.99. The summed E-state index contributed by atoms with van der Waals surface area (Å²) in [5.74, 6) is 0.998. The fourth-order valence-corrected chi connectivity index (χ4v) is 1.09. The van der Waals surface area contributed by atoms with E-state index < -0.39 is 0 Å². The van der Waals surface area contributed by atoms with Gasteiger partial charge in [-0.3, -0.25) is 4.79 Å². The van der Waals surface area contributed by atoms with Crippen molar-refractivity contribution in [1.29, 1.82) is 0 Å². The molecule has 0 radical (unpaired) electrons. The number of rotatable bonds is 3. The summed E-state index contributed by atoms with van der Waals surface area (Å²) >= 11 is 0. The van der Waals surface area contributed by atoms with Gasteiger partial charge in [-0.05, 0) is 0 Å². The van der Waals surface area contributed by atoms with E-state index in [1.807, 2.05) is 0 Å². The molecule has 6 heteroatoms. The van der Waals surface area contributed by atoms with Crippen molar-refractivity contribution in [3.05, 3.63) is 30.4 Å². The van der Waals surface area contributed by atoms with Gasteiger partial charge < -0.3 is 4.74 Å². The van der Waals surface area contributed by atoms with E-state index in [1.54, 1.807) is 12.3 Å². The zero-order chi connectivity index (χ0) is 10.7. The van der Waals surface area contributed by atoms with E-state index in [1.165, 1.54) is 24.3 Å². The van der Waals surface area contributed by atoms with Gasteiger partial charge in [-0.1, -0.05) is 0 Å². The quantitative estimate of drug-likeness (QED) is 0.680. The molecule has 0 saturated carbocycles. The number of carbonyl (C=O) groups is 1. The maximum absolute atomic E-state index is 10.5. The molecule has 0 aliphatic heterocycles. The van der Waals surface area contributed by atoms with Crippen molar-refractivity contribution in [2.75, 3.05) is 7.11 Å². The Kier molecular flexibility index (Phi) is 2.40. The highest BCUT2D eigenvalue weighted by molar-refractivity contribution is 5.73. The summed E-state index contributed by atoms with van der Waals surface area (Å²) in [6.45, 7) is 0. The maximum atomic E-state index is 10.5. The number of hydrogen-bond acceptors (Lipinski definition) is 5. The Hall–Kier alpha value is -2.24. The van der Waals surface area contributed by atoms with Crippen LogP contribution < -0.4 is 4.74 Å². The molecular weight excluding hydrogens is 196 g/mol. The lowest BCUT2D eigenvalue weighted by molar-refractivity contribution is 0.112. The molecule has 0 spiro atoms. The summed E-state index contributed by atoms with van der Waals surface area (Å²) in [6.07, 6.45) is 5.13. The average Bonchev–Trinajstić information content (AvgIpc) is 2.78. The molecule has 0 amide bonds. The summed E-state index contributed by atoms with van der Waals surface area (Å²) in [5, 5.41) is 3.97. The molecule has 0 N–H and O–H groups in total. The number of carbonyl (C=O) groups excluding carboxylic acids is 1. The van der Waals surface area contributed by atoms with Gasteiger partial charge in [0.25, 0.3) is 0 Å². The fraction of sp³-hybridized carbons (Fsp3) is 0.111. The number of hydrogen-bond donors (Lipinski definition) is 0. The molecule has 76 valence electrons. The largest absolute Gasteiger partial charge is 0.481 e. The van der Waals surface area contributed by atoms with Crippen molar-refractivity contribution in [2.24, 2.45) is 0 Å². The third-order valence-electron chi connectivity index (χ3n) is 1.81. The second kappa shape index (κ2) is 3.87. The minimum absolute atomic E-state index is 0.447. The molecule has 15 heavy (non-hydrogen) atoms. The van der Waals surface area contributed by atoms with Crippen LogP contribution in [-0.2, 0) is 0 Å². The third-order valence-corrected chi connectivity index (χ3v) is 1.81. The van der Waals surface area contributed by atoms with Gasteiger partial charge in [0.2, 0.25) is 5.88 Å². The molecule has 0 fully saturated rings. The van der Waals surface area contributed by atoms with Crippen LogP contribution in [-0.4, -0.2) is 33.1 Å². The highest BCUT2D eigenvalue weighted by Gasteiger charge is 2.03. The van der Waals surface area contributed by atoms with Gasteiger partial charge in [0.1, 0.15) is 6.33 Å². The first-order valence-corrected chi connectivity index (χ1v) is 4.20. The molecule has 2 aromatic heterocycles. The standard InChI is InChI=1S/C9H8N4O2/c1-15-9-2-8(10-6-11-9)13-4-7(5-14)3-12-13/h2-6H,1H3. The van der Waals surface area contributed by atoms with Crippen LogP contribution in [0.25, 0.3) is 5.82 Å². The van der Waals surface area contributed by atoms with Crippen LogP contribution in [0, 0.1) is 0 Å². The summed E-state index contributed by atoms with van der Waals surface area (Å²) in [4.78, 5) is 18.3. The Morgan fingerprint density at radius 2 is 2.33 bits per heavy atom. The highest BCUT2D eigenvalue weighted by atomic mass is 16.5. The van der Waals surface area contributed by atoms with Crippen LogP contribution >= 0.6 is 0 Å². The number of methoxy groups -OCH3 is 1. The van der Waals surface area contributed by atoms with E-state index in [0.29, 0.717) is 17.3 Å². The van der Waals surface area contributed by atoms with Gasteiger partial charge in [0.05, 0.1) is 18.9 Å². The Labute approximate surface area is 85.5 Å².